The molecule has 2 bridgehead atoms. The number of hydrogen-bond acceptors (Lipinski definition) is 8. The third-order valence-electron chi connectivity index (χ3n) is 5.61. The summed E-state index contributed by atoms with van der Waals surface area (Å²) in [5.41, 5.74) is 6.72. The molecule has 0 saturated carbocycles. The minimum absolute atomic E-state index is 0.0522. The van der Waals surface area contributed by atoms with Gasteiger partial charge < -0.3 is 25.8 Å². The zero-order valence-electron chi connectivity index (χ0n) is 19.1. The lowest BCUT2D eigenvalue weighted by Gasteiger charge is -2.39. The van der Waals surface area contributed by atoms with Gasteiger partial charge in [0.15, 0.2) is 0 Å². The number of fused-ring (bicyclic) bond motifs is 2. The number of carboxylic acids is 2. The van der Waals surface area contributed by atoms with Crippen molar-refractivity contribution in [3.05, 3.63) is 35.4 Å². The highest BCUT2D eigenvalue weighted by molar-refractivity contribution is 5.97. The molecule has 3 rings (SSSR count). The van der Waals surface area contributed by atoms with E-state index in [1.165, 1.54) is 0 Å². The molecule has 2 heterocycles. The van der Waals surface area contributed by atoms with E-state index in [4.69, 9.17) is 30.3 Å². The average molecular weight is 546 g/mol. The van der Waals surface area contributed by atoms with Gasteiger partial charge >= 0.3 is 36.2 Å². The Morgan fingerprint density at radius 1 is 0.973 bits per heavy atom. The van der Waals surface area contributed by atoms with E-state index in [-0.39, 0.29) is 6.04 Å². The van der Waals surface area contributed by atoms with Crippen LogP contribution in [-0.4, -0.2) is 81.7 Å². The van der Waals surface area contributed by atoms with Crippen LogP contribution in [0.4, 0.5) is 26.3 Å². The first kappa shape index (κ1) is 31.8. The molecular formula is C21H24F6N2O8. The molecule has 16 heteroatoms. The highest BCUT2D eigenvalue weighted by Gasteiger charge is 2.49. The van der Waals surface area contributed by atoms with E-state index >= 15 is 0 Å². The Morgan fingerprint density at radius 2 is 1.43 bits per heavy atom. The summed E-state index contributed by atoms with van der Waals surface area (Å²) in [6, 6.07) is 6.90. The van der Waals surface area contributed by atoms with E-state index in [0.29, 0.717) is 24.6 Å². The second-order valence-electron chi connectivity index (χ2n) is 8.01. The largest absolute Gasteiger partial charge is 0.490 e. The average Bonchev–Trinajstić information content (AvgIpc) is 3.02. The molecule has 0 amide bonds. The van der Waals surface area contributed by atoms with Gasteiger partial charge in [-0.1, -0.05) is 12.1 Å². The normalized spacial score (nSPS) is 23.1. The molecule has 208 valence electrons. The number of halogens is 6. The summed E-state index contributed by atoms with van der Waals surface area (Å²) in [6.45, 7) is 0.387. The number of esters is 2. The number of carbonyl (C=O) groups is 4. The number of hydrogen-bond donors (Lipinski definition) is 4. The standard InChI is InChI=1S/C17H22N2O4.2C2HF3O2/c1-19-12-6-7-13(19)15(14(20)8-12)17(22)23-16(21)11-4-2-10(9-18)3-5-11;2*3-2(4,5)1(6)7/h2-5,12-15,20H,6-9,18H2,1H3;2*(H,6,7)/t12-,13+,14-,15+;;/m0../s1. The Bertz CT molecular complexity index is 943. The van der Waals surface area contributed by atoms with Gasteiger partial charge in [-0.15, -0.1) is 0 Å². The fourth-order valence-electron chi connectivity index (χ4n) is 3.75. The van der Waals surface area contributed by atoms with E-state index in [1.807, 2.05) is 7.05 Å². The lowest BCUT2D eigenvalue weighted by atomic mass is 9.88. The first-order chi connectivity index (χ1) is 16.9. The Kier molecular flexibility index (Phi) is 11.0. The molecule has 2 saturated heterocycles. The summed E-state index contributed by atoms with van der Waals surface area (Å²) in [5.74, 6) is -7.50. The summed E-state index contributed by atoms with van der Waals surface area (Å²) in [7, 11) is 1.96. The number of ether oxygens (including phenoxy) is 1. The zero-order valence-corrected chi connectivity index (χ0v) is 19.1. The second kappa shape index (κ2) is 12.8. The Balaban J connectivity index is 0.000000404. The molecule has 0 unspecified atom stereocenters. The van der Waals surface area contributed by atoms with Gasteiger partial charge in [-0.05, 0) is 44.0 Å². The first-order valence-electron chi connectivity index (χ1n) is 10.4. The highest BCUT2D eigenvalue weighted by Crippen LogP contribution is 2.38. The van der Waals surface area contributed by atoms with Crippen LogP contribution in [0.3, 0.4) is 0 Å². The van der Waals surface area contributed by atoms with Gasteiger partial charge in [0, 0.05) is 18.6 Å². The highest BCUT2D eigenvalue weighted by atomic mass is 19.4. The molecule has 0 aliphatic carbocycles. The van der Waals surface area contributed by atoms with Crippen LogP contribution in [0.5, 0.6) is 0 Å². The van der Waals surface area contributed by atoms with Crippen LogP contribution in [0.15, 0.2) is 24.3 Å². The number of rotatable bonds is 3. The van der Waals surface area contributed by atoms with Gasteiger partial charge in [0.1, 0.15) is 0 Å². The molecular weight excluding hydrogens is 522 g/mol. The first-order valence-corrected chi connectivity index (χ1v) is 10.4. The number of aliphatic hydroxyl groups is 1. The van der Waals surface area contributed by atoms with Gasteiger partial charge in [0.25, 0.3) is 0 Å². The molecule has 4 atom stereocenters. The van der Waals surface area contributed by atoms with Crippen LogP contribution in [0.25, 0.3) is 0 Å². The number of aliphatic hydroxyl groups excluding tert-OH is 1. The van der Waals surface area contributed by atoms with Crippen molar-refractivity contribution in [3.63, 3.8) is 0 Å². The second-order valence-corrected chi connectivity index (χ2v) is 8.01. The fraction of sp³-hybridized carbons (Fsp3) is 0.524. The summed E-state index contributed by atoms with van der Waals surface area (Å²) in [6.07, 6.45) is -8.55. The number of benzene rings is 1. The molecule has 0 spiro atoms. The quantitative estimate of drug-likeness (QED) is 0.250. The van der Waals surface area contributed by atoms with E-state index in [2.05, 4.69) is 4.90 Å². The predicted molar refractivity (Wildman–Crippen MR) is 111 cm³/mol. The van der Waals surface area contributed by atoms with E-state index in [9.17, 15) is 41.0 Å². The maximum Gasteiger partial charge on any atom is 0.490 e. The molecule has 37 heavy (non-hydrogen) atoms. The lowest BCUT2D eigenvalue weighted by Crippen LogP contribution is -2.52. The number of nitrogens with two attached hydrogens (primary N) is 1. The van der Waals surface area contributed by atoms with Crippen molar-refractivity contribution < 1.29 is 65.6 Å². The van der Waals surface area contributed by atoms with Gasteiger partial charge in [-0.3, -0.25) is 9.69 Å². The van der Waals surface area contributed by atoms with Gasteiger partial charge in [0.2, 0.25) is 0 Å². The minimum atomic E-state index is -5.08. The lowest BCUT2D eigenvalue weighted by molar-refractivity contribution is -0.193. The fourth-order valence-corrected chi connectivity index (χ4v) is 3.75. The van der Waals surface area contributed by atoms with Crippen LogP contribution in [0, 0.1) is 5.92 Å². The summed E-state index contributed by atoms with van der Waals surface area (Å²) >= 11 is 0. The number of carboxylic acid groups (broad SMARTS) is 2. The molecule has 1 aromatic rings. The van der Waals surface area contributed by atoms with Gasteiger partial charge in [-0.2, -0.15) is 26.3 Å². The Morgan fingerprint density at radius 3 is 1.84 bits per heavy atom. The van der Waals surface area contributed by atoms with Gasteiger partial charge in [0.05, 0.1) is 17.6 Å². The molecule has 2 fully saturated rings. The SMILES string of the molecule is CN1[C@H]2CC[C@@H]1[C@@H](C(=O)OC(=O)c1ccc(CN)cc1)[C@@H](O)C2.O=C(O)C(F)(F)F.O=C(O)C(F)(F)F. The smallest absolute Gasteiger partial charge is 0.475 e. The van der Waals surface area contributed by atoms with Crippen molar-refractivity contribution >= 4 is 23.9 Å². The number of alkyl halides is 6. The zero-order chi connectivity index (χ0) is 28.7. The Hall–Kier alpha value is -3.24. The van der Waals surface area contributed by atoms with Crippen LogP contribution in [-0.2, 0) is 25.7 Å². The number of nitrogens with zero attached hydrogens (tertiary/aromatic N) is 1. The summed E-state index contributed by atoms with van der Waals surface area (Å²) in [5, 5.41) is 24.5. The van der Waals surface area contributed by atoms with Crippen molar-refractivity contribution in [2.75, 3.05) is 7.05 Å². The predicted octanol–water partition coefficient (Wildman–Crippen LogP) is 1.94. The van der Waals surface area contributed by atoms with Crippen LogP contribution in [0.2, 0.25) is 0 Å². The van der Waals surface area contributed by atoms with Crippen LogP contribution < -0.4 is 5.73 Å². The topological polar surface area (TPSA) is 167 Å². The summed E-state index contributed by atoms with van der Waals surface area (Å²) in [4.78, 5) is 44.4. The number of piperidine rings is 1. The van der Waals surface area contributed by atoms with E-state index < -0.39 is 48.3 Å². The van der Waals surface area contributed by atoms with Gasteiger partial charge in [-0.25, -0.2) is 14.4 Å². The molecule has 0 radical (unpaired) electrons. The Labute approximate surface area is 205 Å². The third-order valence-corrected chi connectivity index (χ3v) is 5.61. The molecule has 2 aliphatic heterocycles. The van der Waals surface area contributed by atoms with Crippen molar-refractivity contribution in [1.29, 1.82) is 0 Å². The minimum Gasteiger partial charge on any atom is -0.475 e. The number of aliphatic carboxylic acids is 2. The number of carbonyl (C=O) groups excluding carboxylic acids is 2. The van der Waals surface area contributed by atoms with Crippen molar-refractivity contribution in [2.24, 2.45) is 11.7 Å². The summed E-state index contributed by atoms with van der Waals surface area (Å²) < 4.78 is 68.5. The van der Waals surface area contributed by atoms with Crippen molar-refractivity contribution in [1.82, 2.24) is 4.90 Å². The van der Waals surface area contributed by atoms with Crippen molar-refractivity contribution in [3.8, 4) is 0 Å². The molecule has 10 nitrogen and oxygen atoms in total. The van der Waals surface area contributed by atoms with Crippen molar-refractivity contribution in [2.45, 2.75) is 56.3 Å². The molecule has 0 aromatic heterocycles. The molecule has 1 aromatic carbocycles. The monoisotopic (exact) mass is 546 g/mol. The van der Waals surface area contributed by atoms with E-state index in [0.717, 1.165) is 18.4 Å². The molecule has 5 N–H and O–H groups in total. The van der Waals surface area contributed by atoms with Crippen LogP contribution >= 0.6 is 0 Å². The maximum atomic E-state index is 12.4. The third kappa shape index (κ3) is 9.29. The molecule has 2 aliphatic rings. The van der Waals surface area contributed by atoms with E-state index in [1.54, 1.807) is 24.3 Å². The van der Waals surface area contributed by atoms with Crippen LogP contribution in [0.1, 0.15) is 35.2 Å². The maximum absolute atomic E-state index is 12.4.